The zero-order chi connectivity index (χ0) is 30.1. The number of benzene rings is 1. The lowest BCUT2D eigenvalue weighted by Crippen LogP contribution is -2.70. The smallest absolute Gasteiger partial charge is 0.309 e. The highest BCUT2D eigenvalue weighted by Gasteiger charge is 2.69. The van der Waals surface area contributed by atoms with Gasteiger partial charge in [-0.1, -0.05) is 58.0 Å². The van der Waals surface area contributed by atoms with Crippen LogP contribution in [0.1, 0.15) is 79.7 Å². The average Bonchev–Trinajstić information content (AvgIpc) is 2.89. The van der Waals surface area contributed by atoms with Gasteiger partial charge < -0.3 is 19.7 Å². The van der Waals surface area contributed by atoms with Gasteiger partial charge in [0, 0.05) is 18.8 Å². The monoisotopic (exact) mass is 566 g/mol. The highest BCUT2D eigenvalue weighted by molar-refractivity contribution is 5.94. The quantitative estimate of drug-likeness (QED) is 0.389. The molecule has 224 valence electrons. The minimum Gasteiger partial charge on any atom is -0.458 e. The van der Waals surface area contributed by atoms with E-state index in [2.05, 4.69) is 0 Å². The summed E-state index contributed by atoms with van der Waals surface area (Å²) in [5.41, 5.74) is -1.41. The fraction of sp³-hybridized carbons (Fsp3) is 0.676. The molecule has 3 fully saturated rings. The molecule has 5 rings (SSSR count). The largest absolute Gasteiger partial charge is 0.458 e. The van der Waals surface area contributed by atoms with E-state index in [-0.39, 0.29) is 30.0 Å². The molecule has 0 heterocycles. The van der Waals surface area contributed by atoms with E-state index >= 15 is 0 Å². The van der Waals surface area contributed by atoms with Gasteiger partial charge in [-0.05, 0) is 79.9 Å². The van der Waals surface area contributed by atoms with Crippen LogP contribution in [-0.4, -0.2) is 51.8 Å². The van der Waals surface area contributed by atoms with Gasteiger partial charge in [0.15, 0.2) is 11.9 Å². The van der Waals surface area contributed by atoms with Crippen LogP contribution in [0, 0.1) is 40.4 Å². The van der Waals surface area contributed by atoms with Crippen molar-refractivity contribution >= 4 is 17.7 Å². The lowest BCUT2D eigenvalue weighted by molar-refractivity contribution is -0.223. The molecule has 1 aromatic rings. The summed E-state index contributed by atoms with van der Waals surface area (Å²) in [5, 5.41) is 24.3. The second-order valence-electron chi connectivity index (χ2n) is 14.1. The predicted molar refractivity (Wildman–Crippen MR) is 153 cm³/mol. The molecule has 2 N–H and O–H groups in total. The molecule has 3 saturated carbocycles. The number of hydrogen-bond acceptors (Lipinski definition) is 7. The van der Waals surface area contributed by atoms with Crippen LogP contribution in [0.15, 0.2) is 41.5 Å². The number of Topliss-reactive ketones (excluding diaryl/α,β-unsaturated/α-hetero) is 1. The highest BCUT2D eigenvalue weighted by atomic mass is 16.6. The summed E-state index contributed by atoms with van der Waals surface area (Å²) < 4.78 is 12.0. The molecule has 4 aliphatic rings. The van der Waals surface area contributed by atoms with Crippen molar-refractivity contribution in [1.29, 1.82) is 0 Å². The maximum absolute atomic E-state index is 14.6. The van der Waals surface area contributed by atoms with Gasteiger partial charge in [-0.3, -0.25) is 14.4 Å². The van der Waals surface area contributed by atoms with Gasteiger partial charge in [-0.15, -0.1) is 0 Å². The lowest BCUT2D eigenvalue weighted by atomic mass is 9.41. The number of carbonyl (C=O) groups excluding carboxylic acids is 3. The van der Waals surface area contributed by atoms with Crippen molar-refractivity contribution in [2.24, 2.45) is 40.4 Å². The second-order valence-corrected chi connectivity index (χ2v) is 14.1. The Balaban J connectivity index is 1.60. The van der Waals surface area contributed by atoms with Crippen molar-refractivity contribution in [3.63, 3.8) is 0 Å². The first-order chi connectivity index (χ1) is 19.1. The van der Waals surface area contributed by atoms with Crippen LogP contribution in [-0.2, 0) is 30.3 Å². The summed E-state index contributed by atoms with van der Waals surface area (Å²) >= 11 is 0. The standard InChI is InChI=1S/C34H46O7/c1-18(15-22-11-9-8-10-12-22)31(38)41-25-17-34(39)20(3)28-24-14-13-23(24)16-26(36)33(28,7)30(37)29(40-21(4)35)27(19(25)2)32(34,5)6/h8-12,18,20,23-26,28-29,36,39H,13-17H2,1-7H3. The highest BCUT2D eigenvalue weighted by Crippen LogP contribution is 2.65. The molecule has 0 spiro atoms. The second kappa shape index (κ2) is 10.3. The van der Waals surface area contributed by atoms with E-state index in [1.165, 1.54) is 6.92 Å². The third-order valence-corrected chi connectivity index (χ3v) is 11.7. The van der Waals surface area contributed by atoms with Crippen LogP contribution in [0.3, 0.4) is 0 Å². The molecule has 41 heavy (non-hydrogen) atoms. The lowest BCUT2D eigenvalue weighted by Gasteiger charge is -2.65. The van der Waals surface area contributed by atoms with Gasteiger partial charge >= 0.3 is 11.9 Å². The van der Waals surface area contributed by atoms with Gasteiger partial charge in [0.05, 0.1) is 23.0 Å². The van der Waals surface area contributed by atoms with Gasteiger partial charge in [0.25, 0.3) is 0 Å². The zero-order valence-electron chi connectivity index (χ0n) is 25.5. The Bertz CT molecular complexity index is 1250. The molecule has 1 aromatic carbocycles. The normalized spacial score (nSPS) is 40.2. The molecule has 7 heteroatoms. The van der Waals surface area contributed by atoms with E-state index in [0.29, 0.717) is 29.9 Å². The number of esters is 2. The SMILES string of the molecule is CC(=O)OC1C(=O)C2(C)C(O)CC3CCC3C2C(C)C2(O)CC(OC(=O)C(C)Cc3ccccc3)C(C)=C1C2(C)C. The van der Waals surface area contributed by atoms with E-state index < -0.39 is 52.5 Å². The topological polar surface area (TPSA) is 110 Å². The van der Waals surface area contributed by atoms with Crippen LogP contribution in [0.25, 0.3) is 0 Å². The average molecular weight is 567 g/mol. The van der Waals surface area contributed by atoms with Crippen molar-refractivity contribution < 1.29 is 34.1 Å². The number of carbonyl (C=O) groups is 3. The summed E-state index contributed by atoms with van der Waals surface area (Å²) in [6, 6.07) is 9.75. The van der Waals surface area contributed by atoms with Crippen LogP contribution in [0.5, 0.6) is 0 Å². The van der Waals surface area contributed by atoms with Crippen molar-refractivity contribution in [1.82, 2.24) is 0 Å². The van der Waals surface area contributed by atoms with E-state index in [0.717, 1.165) is 18.4 Å². The first-order valence-electron chi connectivity index (χ1n) is 15.2. The van der Waals surface area contributed by atoms with Crippen LogP contribution in [0.2, 0.25) is 0 Å². The molecule has 0 radical (unpaired) electrons. The van der Waals surface area contributed by atoms with Gasteiger partial charge in [-0.2, -0.15) is 0 Å². The van der Waals surface area contributed by atoms with Crippen molar-refractivity contribution in [2.45, 2.75) is 104 Å². The maximum atomic E-state index is 14.6. The maximum Gasteiger partial charge on any atom is 0.309 e. The molecule has 10 unspecified atom stereocenters. The fourth-order valence-corrected chi connectivity index (χ4v) is 9.08. The number of aliphatic hydroxyl groups is 2. The molecule has 4 aliphatic carbocycles. The van der Waals surface area contributed by atoms with Gasteiger partial charge in [-0.25, -0.2) is 0 Å². The summed E-state index contributed by atoms with van der Waals surface area (Å²) in [6.07, 6.45) is 0.171. The minimum absolute atomic E-state index is 0.168. The molecule has 0 amide bonds. The van der Waals surface area contributed by atoms with Crippen LogP contribution < -0.4 is 0 Å². The Morgan fingerprint density at radius 1 is 1.10 bits per heavy atom. The van der Waals surface area contributed by atoms with E-state index in [9.17, 15) is 24.6 Å². The van der Waals surface area contributed by atoms with E-state index in [4.69, 9.17) is 9.47 Å². The summed E-state index contributed by atoms with van der Waals surface area (Å²) in [6.45, 7) is 12.5. The Labute approximate surface area is 243 Å². The number of hydrogen-bond donors (Lipinski definition) is 2. The van der Waals surface area contributed by atoms with Crippen molar-refractivity contribution in [3.8, 4) is 0 Å². The van der Waals surface area contributed by atoms with Gasteiger partial charge in [0.1, 0.15) is 6.10 Å². The summed E-state index contributed by atoms with van der Waals surface area (Å²) in [4.78, 5) is 40.5. The molecule has 2 bridgehead atoms. The fourth-order valence-electron chi connectivity index (χ4n) is 9.08. The summed E-state index contributed by atoms with van der Waals surface area (Å²) in [7, 11) is 0. The third kappa shape index (κ3) is 4.50. The Hall–Kier alpha value is -2.51. The number of rotatable bonds is 5. The molecule has 0 aliphatic heterocycles. The molecule has 0 saturated heterocycles. The zero-order valence-corrected chi connectivity index (χ0v) is 25.5. The Morgan fingerprint density at radius 2 is 1.76 bits per heavy atom. The molecule has 7 nitrogen and oxygen atoms in total. The Morgan fingerprint density at radius 3 is 2.34 bits per heavy atom. The molecular formula is C34H46O7. The summed E-state index contributed by atoms with van der Waals surface area (Å²) in [5.74, 6) is -1.95. The number of ketones is 1. The number of ether oxygens (including phenoxy) is 2. The molecule has 0 aromatic heterocycles. The number of aliphatic hydroxyl groups excluding tert-OH is 1. The molecule has 10 atom stereocenters. The van der Waals surface area contributed by atoms with Crippen molar-refractivity contribution in [2.75, 3.05) is 0 Å². The third-order valence-electron chi connectivity index (χ3n) is 11.7. The first-order valence-corrected chi connectivity index (χ1v) is 15.2. The van der Waals surface area contributed by atoms with Crippen molar-refractivity contribution in [3.05, 3.63) is 47.0 Å². The molecular weight excluding hydrogens is 520 g/mol. The van der Waals surface area contributed by atoms with E-state index in [1.54, 1.807) is 0 Å². The predicted octanol–water partition coefficient (Wildman–Crippen LogP) is 4.82. The van der Waals surface area contributed by atoms with Crippen LogP contribution in [0.4, 0.5) is 0 Å². The minimum atomic E-state index is -1.39. The number of fused-ring (bicyclic) bond motifs is 5. The van der Waals surface area contributed by atoms with E-state index in [1.807, 2.05) is 71.9 Å². The first kappa shape index (κ1) is 30.0. The Kier molecular flexibility index (Phi) is 7.56. The van der Waals surface area contributed by atoms with Crippen LogP contribution >= 0.6 is 0 Å². The van der Waals surface area contributed by atoms with Gasteiger partial charge in [0.2, 0.25) is 0 Å².